The lowest BCUT2D eigenvalue weighted by Crippen LogP contribution is -2.43. The van der Waals surface area contributed by atoms with Crippen LogP contribution >= 0.6 is 0 Å². The minimum absolute atomic E-state index is 0.505. The minimum atomic E-state index is -0.618. The summed E-state index contributed by atoms with van der Waals surface area (Å²) in [7, 11) is 0. The fraction of sp³-hybridized carbons (Fsp3) is 0.0571. The number of anilines is 3. The van der Waals surface area contributed by atoms with Crippen LogP contribution in [0.25, 0.3) is 66.4 Å². The van der Waals surface area contributed by atoms with E-state index in [1.165, 1.54) is 89.0 Å². The quantitative estimate of drug-likeness (QED) is 0.171. The van der Waals surface area contributed by atoms with Gasteiger partial charge in [-0.25, -0.2) is 0 Å². The zero-order chi connectivity index (χ0) is 47.7. The van der Waals surface area contributed by atoms with E-state index in [1.807, 2.05) is 6.07 Å². The molecule has 1 aromatic heterocycles. The number of hydrogen-bond donors (Lipinski definition) is 0. The van der Waals surface area contributed by atoms with Crippen LogP contribution in [-0.2, 0) is 10.8 Å². The van der Waals surface area contributed by atoms with Crippen LogP contribution < -0.4 is 4.90 Å². The molecule has 2 heteroatoms. The van der Waals surface area contributed by atoms with Crippen LogP contribution in [0.15, 0.2) is 253 Å². The Kier molecular flexibility index (Phi) is 8.66. The molecule has 338 valence electrons. The summed E-state index contributed by atoms with van der Waals surface area (Å²) in [6.07, 6.45) is 0. The van der Waals surface area contributed by atoms with Crippen molar-refractivity contribution >= 4 is 39.0 Å². The molecule has 0 saturated heterocycles. The van der Waals surface area contributed by atoms with Crippen LogP contribution in [0.5, 0.6) is 0 Å². The number of para-hydroxylation sites is 2. The topological polar surface area (TPSA) is 16.4 Å². The summed E-state index contributed by atoms with van der Waals surface area (Å²) < 4.78 is 6.57. The summed E-state index contributed by atoms with van der Waals surface area (Å²) in [4.78, 5) is 2.51. The highest BCUT2D eigenvalue weighted by Gasteiger charge is 2.59. The maximum absolute atomic E-state index is 6.57. The number of rotatable bonds is 5. The van der Waals surface area contributed by atoms with Gasteiger partial charge in [0.15, 0.2) is 0 Å². The normalized spacial score (nSPS) is 13.9. The number of fused-ring (bicyclic) bond motifs is 19. The van der Waals surface area contributed by atoms with Gasteiger partial charge >= 0.3 is 0 Å². The van der Waals surface area contributed by atoms with Crippen molar-refractivity contribution in [2.24, 2.45) is 0 Å². The molecule has 0 bridgehead atoms. The number of benzene rings is 11. The molecule has 0 radical (unpaired) electrons. The summed E-state index contributed by atoms with van der Waals surface area (Å²) in [6.45, 7) is 4.45. The van der Waals surface area contributed by atoms with Crippen molar-refractivity contribution < 1.29 is 4.42 Å². The van der Waals surface area contributed by atoms with Gasteiger partial charge < -0.3 is 9.32 Å². The highest BCUT2D eigenvalue weighted by atomic mass is 16.3. The lowest BCUT2D eigenvalue weighted by atomic mass is 9.52. The highest BCUT2D eigenvalue weighted by Crippen LogP contribution is 2.68. The molecule has 1 heterocycles. The Bertz CT molecular complexity index is 4110. The van der Waals surface area contributed by atoms with E-state index in [0.717, 1.165) is 50.1 Å². The van der Waals surface area contributed by atoms with Crippen molar-refractivity contribution in [3.05, 3.63) is 304 Å². The second-order valence-electron chi connectivity index (χ2n) is 19.9. The van der Waals surface area contributed by atoms with Crippen LogP contribution in [0.4, 0.5) is 17.1 Å². The number of hydrogen-bond acceptors (Lipinski definition) is 2. The second-order valence-corrected chi connectivity index (χ2v) is 19.9. The molecule has 15 rings (SSSR count). The van der Waals surface area contributed by atoms with Crippen LogP contribution in [0.2, 0.25) is 0 Å². The molecule has 0 amide bonds. The van der Waals surface area contributed by atoms with E-state index < -0.39 is 10.8 Å². The number of aryl methyl sites for hydroxylation is 2. The van der Waals surface area contributed by atoms with Crippen molar-refractivity contribution in [1.82, 2.24) is 0 Å². The molecular formula is C70H47NO. The second kappa shape index (κ2) is 15.3. The van der Waals surface area contributed by atoms with E-state index in [1.54, 1.807) is 0 Å². The highest BCUT2D eigenvalue weighted by molar-refractivity contribution is 6.10. The smallest absolute Gasteiger partial charge is 0.143 e. The first kappa shape index (κ1) is 40.9. The average Bonchev–Trinajstić information content (AvgIpc) is 4.07. The maximum atomic E-state index is 6.57. The first-order valence-corrected chi connectivity index (χ1v) is 25.2. The summed E-state index contributed by atoms with van der Waals surface area (Å²) in [5.74, 6) is 0. The Morgan fingerprint density at radius 3 is 1.43 bits per heavy atom. The van der Waals surface area contributed by atoms with Gasteiger partial charge in [0.25, 0.3) is 0 Å². The summed E-state index contributed by atoms with van der Waals surface area (Å²) >= 11 is 0. The van der Waals surface area contributed by atoms with Gasteiger partial charge in [0.2, 0.25) is 0 Å². The zero-order valence-corrected chi connectivity index (χ0v) is 40.0. The third-order valence-electron chi connectivity index (χ3n) is 16.5. The molecule has 12 aromatic rings. The molecule has 3 aliphatic rings. The molecule has 0 fully saturated rings. The third-order valence-corrected chi connectivity index (χ3v) is 16.5. The van der Waals surface area contributed by atoms with E-state index in [4.69, 9.17) is 4.42 Å². The molecule has 0 N–H and O–H groups in total. The Labute approximate surface area is 419 Å². The molecule has 72 heavy (non-hydrogen) atoms. The predicted octanol–water partition coefficient (Wildman–Crippen LogP) is 18.0. The van der Waals surface area contributed by atoms with Gasteiger partial charge in [-0.2, -0.15) is 0 Å². The maximum Gasteiger partial charge on any atom is 0.143 e. The molecule has 0 saturated carbocycles. The standard InChI is InChI=1S/C70H47NO/c1-44-19-3-4-20-49(44)56-43-48(40-37-45(56)2)71(47-41-38-46(39-42-47)50-25-17-26-54-53-23-8-16-36-66(53)72-68(50)54)65-35-18-34-64-67(65)55-24-7-11-29-59(55)70(64)62-32-14-12-30-60(62)69(61-31-13-15-33-63(61)70)57-27-9-5-21-51(57)52-22-6-10-28-58(52)69/h3-43H,1-2H3. The Morgan fingerprint density at radius 1 is 0.319 bits per heavy atom. The Morgan fingerprint density at radius 2 is 0.778 bits per heavy atom. The molecule has 2 nitrogen and oxygen atoms in total. The van der Waals surface area contributed by atoms with Crippen molar-refractivity contribution in [1.29, 1.82) is 0 Å². The van der Waals surface area contributed by atoms with Gasteiger partial charge in [0.05, 0.1) is 16.5 Å². The van der Waals surface area contributed by atoms with Gasteiger partial charge in [0.1, 0.15) is 11.2 Å². The first-order chi connectivity index (χ1) is 35.6. The first-order valence-electron chi connectivity index (χ1n) is 25.2. The summed E-state index contributed by atoms with van der Waals surface area (Å²) in [5, 5.41) is 2.26. The lowest BCUT2D eigenvalue weighted by molar-refractivity contribution is 0.633. The average molecular weight is 918 g/mol. The summed E-state index contributed by atoms with van der Waals surface area (Å²) in [6, 6.07) is 93.0. The molecule has 3 aliphatic carbocycles. The molecule has 0 aliphatic heterocycles. The van der Waals surface area contributed by atoms with Gasteiger partial charge in [-0.15, -0.1) is 0 Å². The van der Waals surface area contributed by atoms with Crippen LogP contribution in [0, 0.1) is 13.8 Å². The fourth-order valence-corrected chi connectivity index (χ4v) is 13.6. The summed E-state index contributed by atoms with van der Waals surface area (Å²) in [5.41, 5.74) is 26.9. The molecular weight excluding hydrogens is 871 g/mol. The van der Waals surface area contributed by atoms with Gasteiger partial charge in [-0.1, -0.05) is 212 Å². The van der Waals surface area contributed by atoms with E-state index >= 15 is 0 Å². The Balaban J connectivity index is 0.994. The molecule has 0 unspecified atom stereocenters. The number of nitrogens with zero attached hydrogens (tertiary/aromatic N) is 1. The lowest BCUT2D eigenvalue weighted by Gasteiger charge is -2.48. The molecule has 11 aromatic carbocycles. The van der Waals surface area contributed by atoms with Crippen molar-refractivity contribution in [2.45, 2.75) is 24.7 Å². The van der Waals surface area contributed by atoms with Crippen molar-refractivity contribution in [3.8, 4) is 44.5 Å². The molecule has 0 atom stereocenters. The third kappa shape index (κ3) is 5.33. The van der Waals surface area contributed by atoms with E-state index in [2.05, 4.69) is 261 Å². The monoisotopic (exact) mass is 917 g/mol. The SMILES string of the molecule is Cc1ccccc1-c1cc(N(c2ccc(-c3cccc4c3oc3ccccc34)cc2)c2cccc3c2-c2ccccc2C32c3ccccc3C3(c4ccccc4-c4ccccc43)c3ccccc32)ccc1C. The van der Waals surface area contributed by atoms with Gasteiger partial charge in [-0.3, -0.25) is 0 Å². The zero-order valence-electron chi connectivity index (χ0n) is 40.0. The Hall–Kier alpha value is -8.98. The number of furan rings is 1. The van der Waals surface area contributed by atoms with Crippen LogP contribution in [0.3, 0.4) is 0 Å². The fourth-order valence-electron chi connectivity index (χ4n) is 13.6. The van der Waals surface area contributed by atoms with E-state index in [-0.39, 0.29) is 0 Å². The van der Waals surface area contributed by atoms with Gasteiger partial charge in [0, 0.05) is 33.3 Å². The molecule has 2 spiro atoms. The van der Waals surface area contributed by atoms with Crippen LogP contribution in [-0.4, -0.2) is 0 Å². The van der Waals surface area contributed by atoms with E-state index in [0.29, 0.717) is 0 Å². The van der Waals surface area contributed by atoms with Crippen molar-refractivity contribution in [3.63, 3.8) is 0 Å². The van der Waals surface area contributed by atoms with Crippen molar-refractivity contribution in [2.75, 3.05) is 4.90 Å². The van der Waals surface area contributed by atoms with E-state index in [9.17, 15) is 0 Å². The van der Waals surface area contributed by atoms with Gasteiger partial charge in [-0.05, 0) is 139 Å². The minimum Gasteiger partial charge on any atom is -0.455 e. The van der Waals surface area contributed by atoms with Crippen LogP contribution in [0.1, 0.15) is 55.6 Å². The largest absolute Gasteiger partial charge is 0.455 e. The predicted molar refractivity (Wildman–Crippen MR) is 297 cm³/mol.